The lowest BCUT2D eigenvalue weighted by Crippen LogP contribution is -2.48. The number of anilines is 2. The Labute approximate surface area is 153 Å². The Bertz CT molecular complexity index is 712. The molecule has 4 amide bonds. The van der Waals surface area contributed by atoms with Crippen LogP contribution >= 0.6 is 0 Å². The van der Waals surface area contributed by atoms with Gasteiger partial charge in [0, 0.05) is 25.0 Å². The predicted molar refractivity (Wildman–Crippen MR) is 100 cm³/mol. The molecule has 1 aliphatic carbocycles. The van der Waals surface area contributed by atoms with Crippen LogP contribution in [0.1, 0.15) is 39.0 Å². The number of carbonyl (C=O) groups excluding carboxylic acids is 3. The first kappa shape index (κ1) is 18.2. The van der Waals surface area contributed by atoms with Gasteiger partial charge in [-0.25, -0.2) is 4.79 Å². The Balaban J connectivity index is 1.65. The Kier molecular flexibility index (Phi) is 5.15. The quantitative estimate of drug-likeness (QED) is 0.792. The highest BCUT2D eigenvalue weighted by Crippen LogP contribution is 2.33. The summed E-state index contributed by atoms with van der Waals surface area (Å²) in [6, 6.07) is 7.02. The van der Waals surface area contributed by atoms with Crippen molar-refractivity contribution in [2.45, 2.75) is 44.6 Å². The van der Waals surface area contributed by atoms with Crippen molar-refractivity contribution in [3.8, 4) is 0 Å². The van der Waals surface area contributed by atoms with Crippen molar-refractivity contribution in [1.29, 1.82) is 0 Å². The molecule has 0 aromatic heterocycles. The van der Waals surface area contributed by atoms with E-state index < -0.39 is 11.6 Å². The van der Waals surface area contributed by atoms with Gasteiger partial charge >= 0.3 is 6.03 Å². The molecule has 2 fully saturated rings. The summed E-state index contributed by atoms with van der Waals surface area (Å²) in [6.07, 6.45) is 4.23. The zero-order valence-electron chi connectivity index (χ0n) is 15.4. The standard InChI is InChI=1S/C19H26N4O3/c1-3-22(2)15-9-7-8-14(12-15)20-16(24)13-23-17(25)19(21-18(23)26)10-5-4-6-11-19/h7-9,12H,3-6,10-11,13H2,1-2H3,(H,20,24)(H,21,26). The van der Waals surface area contributed by atoms with Crippen LogP contribution in [0.3, 0.4) is 0 Å². The molecule has 1 aromatic rings. The summed E-state index contributed by atoms with van der Waals surface area (Å²) in [5, 5.41) is 5.60. The molecule has 7 heteroatoms. The third-order valence-electron chi connectivity index (χ3n) is 5.30. The van der Waals surface area contributed by atoms with Crippen molar-refractivity contribution in [2.75, 3.05) is 30.4 Å². The van der Waals surface area contributed by atoms with Crippen LogP contribution in [0.2, 0.25) is 0 Å². The summed E-state index contributed by atoms with van der Waals surface area (Å²) >= 11 is 0. The molecule has 0 radical (unpaired) electrons. The Morgan fingerprint density at radius 1 is 1.27 bits per heavy atom. The smallest absolute Gasteiger partial charge is 0.325 e. The van der Waals surface area contributed by atoms with Crippen molar-refractivity contribution < 1.29 is 14.4 Å². The second-order valence-electron chi connectivity index (χ2n) is 7.08. The molecule has 1 spiro atoms. The van der Waals surface area contributed by atoms with E-state index in [0.717, 1.165) is 36.4 Å². The summed E-state index contributed by atoms with van der Waals surface area (Å²) < 4.78 is 0. The van der Waals surface area contributed by atoms with E-state index in [2.05, 4.69) is 15.5 Å². The molecule has 0 unspecified atom stereocenters. The molecule has 0 bridgehead atoms. The first-order chi connectivity index (χ1) is 12.4. The van der Waals surface area contributed by atoms with Gasteiger partial charge in [0.15, 0.2) is 0 Å². The van der Waals surface area contributed by atoms with E-state index in [0.29, 0.717) is 18.5 Å². The predicted octanol–water partition coefficient (Wildman–Crippen LogP) is 2.34. The second kappa shape index (κ2) is 7.35. The van der Waals surface area contributed by atoms with Gasteiger partial charge < -0.3 is 15.5 Å². The van der Waals surface area contributed by atoms with Crippen LogP contribution in [0.4, 0.5) is 16.2 Å². The summed E-state index contributed by atoms with van der Waals surface area (Å²) in [6.45, 7) is 2.63. The van der Waals surface area contributed by atoms with Crippen LogP contribution in [-0.2, 0) is 9.59 Å². The van der Waals surface area contributed by atoms with E-state index in [4.69, 9.17) is 0 Å². The van der Waals surface area contributed by atoms with E-state index >= 15 is 0 Å². The van der Waals surface area contributed by atoms with Crippen LogP contribution in [0.5, 0.6) is 0 Å². The minimum atomic E-state index is -0.792. The number of rotatable bonds is 5. The normalized spacial score (nSPS) is 18.8. The SMILES string of the molecule is CCN(C)c1cccc(NC(=O)CN2C(=O)NC3(CCCCC3)C2=O)c1. The topological polar surface area (TPSA) is 81.8 Å². The van der Waals surface area contributed by atoms with Crippen molar-refractivity contribution in [3.63, 3.8) is 0 Å². The number of urea groups is 1. The highest BCUT2D eigenvalue weighted by Gasteiger charge is 2.51. The average molecular weight is 358 g/mol. The molecule has 3 rings (SSSR count). The van der Waals surface area contributed by atoms with E-state index in [9.17, 15) is 14.4 Å². The second-order valence-corrected chi connectivity index (χ2v) is 7.08. The molecule has 26 heavy (non-hydrogen) atoms. The monoisotopic (exact) mass is 358 g/mol. The van der Waals surface area contributed by atoms with Gasteiger partial charge in [0.2, 0.25) is 5.91 Å². The fourth-order valence-electron chi connectivity index (χ4n) is 3.66. The molecule has 2 N–H and O–H groups in total. The lowest BCUT2D eigenvalue weighted by molar-refractivity contribution is -0.134. The molecular weight excluding hydrogens is 332 g/mol. The highest BCUT2D eigenvalue weighted by atomic mass is 16.2. The van der Waals surface area contributed by atoms with Crippen molar-refractivity contribution in [1.82, 2.24) is 10.2 Å². The van der Waals surface area contributed by atoms with Crippen LogP contribution in [0, 0.1) is 0 Å². The molecule has 7 nitrogen and oxygen atoms in total. The summed E-state index contributed by atoms with van der Waals surface area (Å²) in [4.78, 5) is 40.4. The molecule has 140 valence electrons. The van der Waals surface area contributed by atoms with Gasteiger partial charge in [0.25, 0.3) is 5.91 Å². The van der Waals surface area contributed by atoms with Crippen LogP contribution in [-0.4, -0.2) is 48.4 Å². The molecular formula is C19H26N4O3. The van der Waals surface area contributed by atoms with Gasteiger partial charge in [-0.15, -0.1) is 0 Å². The number of nitrogens with one attached hydrogen (secondary N) is 2. The number of benzene rings is 1. The minimum absolute atomic E-state index is 0.264. The zero-order chi connectivity index (χ0) is 18.7. The van der Waals surface area contributed by atoms with E-state index in [1.165, 1.54) is 0 Å². The van der Waals surface area contributed by atoms with Crippen molar-refractivity contribution in [3.05, 3.63) is 24.3 Å². The molecule has 2 aliphatic rings. The van der Waals surface area contributed by atoms with Gasteiger partial charge in [-0.2, -0.15) is 0 Å². The average Bonchev–Trinajstić information content (AvgIpc) is 2.86. The molecule has 0 atom stereocenters. The number of carbonyl (C=O) groups is 3. The first-order valence-corrected chi connectivity index (χ1v) is 9.20. The number of amides is 4. The van der Waals surface area contributed by atoms with Crippen LogP contribution in [0.25, 0.3) is 0 Å². The fraction of sp³-hybridized carbons (Fsp3) is 0.526. The lowest BCUT2D eigenvalue weighted by Gasteiger charge is -2.30. The van der Waals surface area contributed by atoms with Gasteiger partial charge in [0.05, 0.1) is 0 Å². The van der Waals surface area contributed by atoms with E-state index in [1.807, 2.05) is 32.2 Å². The molecule has 1 aliphatic heterocycles. The first-order valence-electron chi connectivity index (χ1n) is 9.20. The maximum Gasteiger partial charge on any atom is 0.325 e. The van der Waals surface area contributed by atoms with E-state index in [-0.39, 0.29) is 18.4 Å². The minimum Gasteiger partial charge on any atom is -0.375 e. The molecule has 1 saturated carbocycles. The van der Waals surface area contributed by atoms with Crippen molar-refractivity contribution >= 4 is 29.2 Å². The largest absolute Gasteiger partial charge is 0.375 e. The van der Waals surface area contributed by atoms with Gasteiger partial charge in [-0.3, -0.25) is 14.5 Å². The lowest BCUT2D eigenvalue weighted by atomic mass is 9.82. The van der Waals surface area contributed by atoms with Crippen LogP contribution in [0.15, 0.2) is 24.3 Å². The number of nitrogens with zero attached hydrogens (tertiary/aromatic N) is 2. The number of imide groups is 1. The summed E-state index contributed by atoms with van der Waals surface area (Å²) in [5.41, 5.74) is 0.841. The number of hydrogen-bond acceptors (Lipinski definition) is 4. The van der Waals surface area contributed by atoms with Crippen molar-refractivity contribution in [2.24, 2.45) is 0 Å². The zero-order valence-corrected chi connectivity index (χ0v) is 15.4. The highest BCUT2D eigenvalue weighted by molar-refractivity contribution is 6.10. The maximum atomic E-state index is 12.7. The number of hydrogen-bond donors (Lipinski definition) is 2. The van der Waals surface area contributed by atoms with Crippen LogP contribution < -0.4 is 15.5 Å². The Morgan fingerprint density at radius 2 is 2.00 bits per heavy atom. The third kappa shape index (κ3) is 3.52. The van der Waals surface area contributed by atoms with Gasteiger partial charge in [0.1, 0.15) is 12.1 Å². The third-order valence-corrected chi connectivity index (χ3v) is 5.30. The van der Waals surface area contributed by atoms with Gasteiger partial charge in [-0.1, -0.05) is 25.3 Å². The van der Waals surface area contributed by atoms with E-state index in [1.54, 1.807) is 6.07 Å². The molecule has 1 aromatic carbocycles. The fourth-order valence-corrected chi connectivity index (χ4v) is 3.66. The summed E-state index contributed by atoms with van der Waals surface area (Å²) in [5.74, 6) is -0.644. The molecule has 1 heterocycles. The Hall–Kier alpha value is -2.57. The molecule has 1 saturated heterocycles. The Morgan fingerprint density at radius 3 is 2.69 bits per heavy atom. The van der Waals surface area contributed by atoms with Gasteiger partial charge in [-0.05, 0) is 38.0 Å². The summed E-state index contributed by atoms with van der Waals surface area (Å²) in [7, 11) is 1.97. The maximum absolute atomic E-state index is 12.7.